The molecule has 0 fully saturated rings. The highest BCUT2D eigenvalue weighted by atomic mass is 32.1. The Kier molecular flexibility index (Phi) is 6.22. The molecule has 2 amide bonds. The third-order valence-electron chi connectivity index (χ3n) is 4.00. The van der Waals surface area contributed by atoms with Crippen molar-refractivity contribution >= 4 is 29.0 Å². The number of aryl methyl sites for hydroxylation is 1. The first-order chi connectivity index (χ1) is 13.1. The van der Waals surface area contributed by atoms with Crippen molar-refractivity contribution in [3.63, 3.8) is 0 Å². The monoisotopic (exact) mass is 380 g/mol. The largest absolute Gasteiger partial charge is 0.477 e. The summed E-state index contributed by atoms with van der Waals surface area (Å²) in [6.07, 6.45) is 1.68. The van der Waals surface area contributed by atoms with Crippen LogP contribution in [0.5, 0.6) is 0 Å². The highest BCUT2D eigenvalue weighted by Crippen LogP contribution is 2.34. The number of thiophene rings is 1. The predicted octanol–water partition coefficient (Wildman–Crippen LogP) is 4.87. The molecule has 0 aliphatic rings. The second-order valence-corrected chi connectivity index (χ2v) is 7.05. The smallest absolute Gasteiger partial charge is 0.348 e. The zero-order valence-electron chi connectivity index (χ0n) is 14.6. The first-order valence-electron chi connectivity index (χ1n) is 8.65. The summed E-state index contributed by atoms with van der Waals surface area (Å²) in [6.45, 7) is 0.513. The number of aromatic carboxylic acids is 1. The molecule has 3 rings (SSSR count). The SMILES string of the molecule is O=C(NCCCc1ccccc1)Nc1cc(-c2ccccc2)sc1C(=O)O. The molecule has 2 aromatic carbocycles. The van der Waals surface area contributed by atoms with Crippen LogP contribution < -0.4 is 10.6 Å². The van der Waals surface area contributed by atoms with E-state index in [4.69, 9.17) is 0 Å². The lowest BCUT2D eigenvalue weighted by Gasteiger charge is -2.07. The first kappa shape index (κ1) is 18.7. The molecule has 1 heterocycles. The number of carboxylic acid groups (broad SMARTS) is 1. The number of amides is 2. The Balaban J connectivity index is 1.58. The second-order valence-electron chi connectivity index (χ2n) is 5.99. The summed E-state index contributed by atoms with van der Waals surface area (Å²) < 4.78 is 0. The van der Waals surface area contributed by atoms with Gasteiger partial charge in [0.25, 0.3) is 0 Å². The molecule has 0 radical (unpaired) electrons. The number of benzene rings is 2. The van der Waals surface area contributed by atoms with Crippen molar-refractivity contribution in [1.29, 1.82) is 0 Å². The van der Waals surface area contributed by atoms with Crippen molar-refractivity contribution in [1.82, 2.24) is 5.32 Å². The molecule has 1 aromatic heterocycles. The lowest BCUT2D eigenvalue weighted by molar-refractivity contribution is 0.0703. The highest BCUT2D eigenvalue weighted by Gasteiger charge is 2.18. The van der Waals surface area contributed by atoms with Crippen molar-refractivity contribution in [2.75, 3.05) is 11.9 Å². The van der Waals surface area contributed by atoms with E-state index in [9.17, 15) is 14.7 Å². The summed E-state index contributed by atoms with van der Waals surface area (Å²) in [5.41, 5.74) is 2.45. The Bertz CT molecular complexity index is 908. The first-order valence-corrected chi connectivity index (χ1v) is 9.46. The van der Waals surface area contributed by atoms with Crippen molar-refractivity contribution in [2.24, 2.45) is 0 Å². The van der Waals surface area contributed by atoms with E-state index in [1.54, 1.807) is 6.07 Å². The van der Waals surface area contributed by atoms with Gasteiger partial charge in [-0.1, -0.05) is 60.7 Å². The molecule has 0 saturated heterocycles. The Morgan fingerprint density at radius 2 is 1.63 bits per heavy atom. The number of carboxylic acids is 1. The van der Waals surface area contributed by atoms with Crippen LogP contribution >= 0.6 is 11.3 Å². The van der Waals surface area contributed by atoms with Gasteiger partial charge in [-0.25, -0.2) is 9.59 Å². The maximum Gasteiger partial charge on any atom is 0.348 e. The van der Waals surface area contributed by atoms with E-state index in [0.29, 0.717) is 12.2 Å². The second kappa shape index (κ2) is 9.00. The number of carbonyl (C=O) groups excluding carboxylic acids is 1. The fourth-order valence-corrected chi connectivity index (χ4v) is 3.65. The summed E-state index contributed by atoms with van der Waals surface area (Å²) in [6, 6.07) is 20.9. The Morgan fingerprint density at radius 3 is 2.30 bits per heavy atom. The number of urea groups is 1. The summed E-state index contributed by atoms with van der Waals surface area (Å²) >= 11 is 1.15. The van der Waals surface area contributed by atoms with Gasteiger partial charge in [0.05, 0.1) is 5.69 Å². The van der Waals surface area contributed by atoms with Gasteiger partial charge in [0.2, 0.25) is 0 Å². The molecule has 6 heteroatoms. The number of hydrogen-bond acceptors (Lipinski definition) is 3. The zero-order valence-corrected chi connectivity index (χ0v) is 15.5. The standard InChI is InChI=1S/C21H20N2O3S/c24-20(25)19-17(14-18(27-19)16-11-5-2-6-12-16)23-21(26)22-13-7-10-15-8-3-1-4-9-15/h1-6,8-9,11-12,14H,7,10,13H2,(H,24,25)(H2,22,23,26). The number of anilines is 1. The third kappa shape index (κ3) is 5.18. The topological polar surface area (TPSA) is 78.4 Å². The molecule has 138 valence electrons. The van der Waals surface area contributed by atoms with E-state index in [0.717, 1.165) is 34.6 Å². The lowest BCUT2D eigenvalue weighted by atomic mass is 10.1. The van der Waals surface area contributed by atoms with Crippen LogP contribution in [-0.4, -0.2) is 23.7 Å². The Morgan fingerprint density at radius 1 is 0.963 bits per heavy atom. The summed E-state index contributed by atoms with van der Waals surface area (Å²) in [4.78, 5) is 24.6. The minimum absolute atomic E-state index is 0.119. The summed E-state index contributed by atoms with van der Waals surface area (Å²) in [5.74, 6) is -1.05. The van der Waals surface area contributed by atoms with Gasteiger partial charge in [-0.3, -0.25) is 0 Å². The van der Waals surface area contributed by atoms with Gasteiger partial charge in [0.1, 0.15) is 4.88 Å². The van der Waals surface area contributed by atoms with E-state index in [2.05, 4.69) is 22.8 Å². The number of hydrogen-bond donors (Lipinski definition) is 3. The van der Waals surface area contributed by atoms with Crippen molar-refractivity contribution < 1.29 is 14.7 Å². The maximum absolute atomic E-state index is 12.1. The minimum Gasteiger partial charge on any atom is -0.477 e. The van der Waals surface area contributed by atoms with E-state index in [1.165, 1.54) is 5.56 Å². The van der Waals surface area contributed by atoms with Crippen molar-refractivity contribution in [2.45, 2.75) is 12.8 Å². The summed E-state index contributed by atoms with van der Waals surface area (Å²) in [5, 5.41) is 14.9. The lowest BCUT2D eigenvalue weighted by Crippen LogP contribution is -2.30. The molecular formula is C21H20N2O3S. The van der Waals surface area contributed by atoms with Gasteiger partial charge in [0.15, 0.2) is 0 Å². The van der Waals surface area contributed by atoms with Crippen LogP contribution in [0.2, 0.25) is 0 Å². The van der Waals surface area contributed by atoms with Crippen LogP contribution in [0.15, 0.2) is 66.7 Å². The van der Waals surface area contributed by atoms with Gasteiger partial charge in [-0.2, -0.15) is 0 Å². The molecule has 3 N–H and O–H groups in total. The number of carbonyl (C=O) groups is 2. The Hall–Kier alpha value is -3.12. The van der Waals surface area contributed by atoms with Gasteiger partial charge >= 0.3 is 12.0 Å². The van der Waals surface area contributed by atoms with Gasteiger partial charge in [-0.15, -0.1) is 11.3 Å². The molecule has 3 aromatic rings. The molecule has 0 aliphatic carbocycles. The molecule has 0 saturated carbocycles. The predicted molar refractivity (Wildman–Crippen MR) is 108 cm³/mol. The molecule has 0 unspecified atom stereocenters. The molecule has 0 spiro atoms. The molecular weight excluding hydrogens is 360 g/mol. The van der Waals surface area contributed by atoms with Crippen LogP contribution in [0.4, 0.5) is 10.5 Å². The Labute approximate surface area is 161 Å². The normalized spacial score (nSPS) is 10.4. The third-order valence-corrected chi connectivity index (χ3v) is 5.18. The number of nitrogens with one attached hydrogen (secondary N) is 2. The zero-order chi connectivity index (χ0) is 19.1. The fourth-order valence-electron chi connectivity index (χ4n) is 2.69. The van der Waals surface area contributed by atoms with Crippen molar-refractivity contribution in [3.05, 3.63) is 77.2 Å². The van der Waals surface area contributed by atoms with Crippen LogP contribution in [0.1, 0.15) is 21.7 Å². The molecule has 5 nitrogen and oxygen atoms in total. The van der Waals surface area contributed by atoms with Gasteiger partial charge in [-0.05, 0) is 30.0 Å². The van der Waals surface area contributed by atoms with Gasteiger partial charge < -0.3 is 15.7 Å². The molecule has 27 heavy (non-hydrogen) atoms. The van der Waals surface area contributed by atoms with E-state index < -0.39 is 12.0 Å². The number of rotatable bonds is 7. The van der Waals surface area contributed by atoms with Crippen LogP contribution in [0.25, 0.3) is 10.4 Å². The highest BCUT2D eigenvalue weighted by molar-refractivity contribution is 7.18. The summed E-state index contributed by atoms with van der Waals surface area (Å²) in [7, 11) is 0. The average Bonchev–Trinajstić information content (AvgIpc) is 3.11. The maximum atomic E-state index is 12.1. The van der Waals surface area contributed by atoms with Crippen LogP contribution in [0, 0.1) is 0 Å². The van der Waals surface area contributed by atoms with E-state index in [-0.39, 0.29) is 4.88 Å². The van der Waals surface area contributed by atoms with Crippen LogP contribution in [-0.2, 0) is 6.42 Å². The quantitative estimate of drug-likeness (QED) is 0.512. The van der Waals surface area contributed by atoms with Crippen molar-refractivity contribution in [3.8, 4) is 10.4 Å². The minimum atomic E-state index is -1.05. The fraction of sp³-hybridized carbons (Fsp3) is 0.143. The molecule has 0 bridgehead atoms. The van der Waals surface area contributed by atoms with E-state index in [1.807, 2.05) is 48.5 Å². The molecule has 0 aliphatic heterocycles. The van der Waals surface area contributed by atoms with E-state index >= 15 is 0 Å². The van der Waals surface area contributed by atoms with Crippen LogP contribution in [0.3, 0.4) is 0 Å². The van der Waals surface area contributed by atoms with Gasteiger partial charge in [0, 0.05) is 11.4 Å². The molecule has 0 atom stereocenters. The average molecular weight is 380 g/mol.